The van der Waals surface area contributed by atoms with Crippen LogP contribution in [0.3, 0.4) is 0 Å². The Hall–Kier alpha value is -3.07. The molecule has 0 radical (unpaired) electrons. The van der Waals surface area contributed by atoms with Crippen molar-refractivity contribution in [1.82, 2.24) is 25.2 Å². The summed E-state index contributed by atoms with van der Waals surface area (Å²) < 4.78 is 16.4. The summed E-state index contributed by atoms with van der Waals surface area (Å²) in [5.41, 5.74) is 2.69. The fourth-order valence-electron chi connectivity index (χ4n) is 3.67. The first-order chi connectivity index (χ1) is 14.6. The lowest BCUT2D eigenvalue weighted by molar-refractivity contribution is -0.135. The van der Waals surface area contributed by atoms with Crippen molar-refractivity contribution in [2.45, 2.75) is 52.2 Å². The minimum Gasteiger partial charge on any atom is -0.368 e. The van der Waals surface area contributed by atoms with Crippen molar-refractivity contribution in [3.63, 3.8) is 0 Å². The second-order valence-corrected chi connectivity index (χ2v) is 7.47. The Balaban J connectivity index is 1.27. The monoisotopic (exact) mass is 411 g/mol. The van der Waals surface area contributed by atoms with E-state index < -0.39 is 0 Å². The Bertz CT molecular complexity index is 965. The second-order valence-electron chi connectivity index (χ2n) is 7.47. The van der Waals surface area contributed by atoms with Crippen molar-refractivity contribution in [3.05, 3.63) is 47.4 Å². The second kappa shape index (κ2) is 9.17. The number of likely N-dealkylation sites (tertiary alicyclic amines) is 1. The molecule has 4 rings (SSSR count). The molecular weight excluding hydrogens is 386 g/mol. The Morgan fingerprint density at radius 1 is 1.23 bits per heavy atom. The van der Waals surface area contributed by atoms with E-state index in [1.807, 2.05) is 30.9 Å². The van der Waals surface area contributed by atoms with E-state index in [0.29, 0.717) is 31.1 Å². The molecule has 30 heavy (non-hydrogen) atoms. The van der Waals surface area contributed by atoms with E-state index >= 15 is 0 Å². The third-order valence-electron chi connectivity index (χ3n) is 5.34. The van der Waals surface area contributed by atoms with Crippen molar-refractivity contribution >= 4 is 5.91 Å². The van der Waals surface area contributed by atoms with E-state index in [1.54, 1.807) is 12.4 Å². The van der Waals surface area contributed by atoms with Gasteiger partial charge in [0.05, 0.1) is 11.8 Å². The van der Waals surface area contributed by atoms with E-state index in [-0.39, 0.29) is 18.6 Å². The van der Waals surface area contributed by atoms with E-state index in [4.69, 9.17) is 13.8 Å². The van der Waals surface area contributed by atoms with E-state index in [2.05, 4.69) is 20.3 Å². The molecule has 3 aromatic heterocycles. The minimum absolute atomic E-state index is 0.0374. The summed E-state index contributed by atoms with van der Waals surface area (Å²) in [5, 5.41) is 7.93. The number of nitrogens with zero attached hydrogens (tertiary/aromatic N) is 5. The first kappa shape index (κ1) is 20.2. The Kier molecular flexibility index (Phi) is 6.18. The maximum Gasteiger partial charge on any atom is 0.258 e. The molecule has 1 saturated heterocycles. The van der Waals surface area contributed by atoms with Crippen LogP contribution in [0.5, 0.6) is 0 Å². The highest BCUT2D eigenvalue weighted by Crippen LogP contribution is 2.20. The molecule has 1 aliphatic rings. The van der Waals surface area contributed by atoms with Gasteiger partial charge in [-0.25, -0.2) is 0 Å². The van der Waals surface area contributed by atoms with Gasteiger partial charge in [-0.1, -0.05) is 10.3 Å². The highest BCUT2D eigenvalue weighted by Gasteiger charge is 2.25. The molecule has 0 saturated carbocycles. The quantitative estimate of drug-likeness (QED) is 0.584. The van der Waals surface area contributed by atoms with Crippen molar-refractivity contribution in [1.29, 1.82) is 0 Å². The highest BCUT2D eigenvalue weighted by molar-refractivity contribution is 5.76. The topological polar surface area (TPSA) is 107 Å². The Labute approximate surface area is 174 Å². The van der Waals surface area contributed by atoms with E-state index in [1.165, 1.54) is 0 Å². The summed E-state index contributed by atoms with van der Waals surface area (Å²) in [7, 11) is 0. The molecular formula is C21H25N5O4. The molecule has 0 aliphatic carbocycles. The van der Waals surface area contributed by atoms with Gasteiger partial charge in [0.2, 0.25) is 5.91 Å². The van der Waals surface area contributed by atoms with Crippen molar-refractivity contribution < 1.29 is 18.6 Å². The molecule has 1 aliphatic heterocycles. The van der Waals surface area contributed by atoms with Crippen LogP contribution in [0.25, 0.3) is 11.5 Å². The fourth-order valence-corrected chi connectivity index (χ4v) is 3.67. The van der Waals surface area contributed by atoms with Gasteiger partial charge in [0.1, 0.15) is 12.4 Å². The molecule has 9 nitrogen and oxygen atoms in total. The van der Waals surface area contributed by atoms with E-state index in [0.717, 1.165) is 42.0 Å². The fraction of sp³-hybridized carbons (Fsp3) is 0.476. The average molecular weight is 411 g/mol. The smallest absolute Gasteiger partial charge is 0.258 e. The molecule has 1 unspecified atom stereocenters. The summed E-state index contributed by atoms with van der Waals surface area (Å²) in [5.74, 6) is 1.84. The van der Waals surface area contributed by atoms with Crippen LogP contribution in [0, 0.1) is 13.8 Å². The molecule has 3 aromatic rings. The number of amides is 1. The van der Waals surface area contributed by atoms with Gasteiger partial charge in [-0.3, -0.25) is 9.78 Å². The van der Waals surface area contributed by atoms with Gasteiger partial charge in [-0.2, -0.15) is 4.98 Å². The Morgan fingerprint density at radius 3 is 2.83 bits per heavy atom. The predicted molar refractivity (Wildman–Crippen MR) is 106 cm³/mol. The molecule has 4 heterocycles. The third-order valence-corrected chi connectivity index (χ3v) is 5.34. The SMILES string of the molecule is Cc1noc(C)c1CCC(=O)N1CCCC(OCc2noc(-c3ccncc3)n2)C1. The molecule has 158 valence electrons. The van der Waals surface area contributed by atoms with Crippen molar-refractivity contribution in [3.8, 4) is 11.5 Å². The van der Waals surface area contributed by atoms with Gasteiger partial charge >= 0.3 is 0 Å². The molecule has 0 spiro atoms. The zero-order valence-electron chi connectivity index (χ0n) is 17.2. The molecule has 9 heteroatoms. The number of hydrogen-bond donors (Lipinski definition) is 0. The largest absolute Gasteiger partial charge is 0.368 e. The van der Waals surface area contributed by atoms with Gasteiger partial charge in [-0.05, 0) is 45.2 Å². The lowest BCUT2D eigenvalue weighted by Gasteiger charge is -2.32. The molecule has 1 amide bonds. The van der Waals surface area contributed by atoms with Crippen LogP contribution >= 0.6 is 0 Å². The Morgan fingerprint density at radius 2 is 2.07 bits per heavy atom. The summed E-state index contributed by atoms with van der Waals surface area (Å²) in [6, 6.07) is 3.62. The van der Waals surface area contributed by atoms with Gasteiger partial charge in [0.25, 0.3) is 5.89 Å². The average Bonchev–Trinajstić information content (AvgIpc) is 3.38. The molecule has 0 aromatic carbocycles. The van der Waals surface area contributed by atoms with Crippen molar-refractivity contribution in [2.24, 2.45) is 0 Å². The zero-order chi connectivity index (χ0) is 20.9. The van der Waals surface area contributed by atoms with Crippen LogP contribution in [-0.4, -0.2) is 50.3 Å². The van der Waals surface area contributed by atoms with Crippen LogP contribution in [0.1, 0.15) is 42.1 Å². The number of aromatic nitrogens is 4. The number of aryl methyl sites for hydroxylation is 2. The number of carbonyl (C=O) groups excluding carboxylic acids is 1. The van der Waals surface area contributed by atoms with Gasteiger partial charge < -0.3 is 18.7 Å². The third kappa shape index (κ3) is 4.73. The van der Waals surface area contributed by atoms with Gasteiger partial charge in [0.15, 0.2) is 5.82 Å². The van der Waals surface area contributed by atoms with Gasteiger partial charge in [-0.15, -0.1) is 0 Å². The number of pyridine rings is 1. The summed E-state index contributed by atoms with van der Waals surface area (Å²) in [4.78, 5) is 22.9. The van der Waals surface area contributed by atoms with Crippen LogP contribution in [0.4, 0.5) is 0 Å². The normalized spacial score (nSPS) is 16.7. The molecule has 0 N–H and O–H groups in total. The van der Waals surface area contributed by atoms with E-state index in [9.17, 15) is 4.79 Å². The number of hydrogen-bond acceptors (Lipinski definition) is 8. The minimum atomic E-state index is -0.0374. The predicted octanol–water partition coefficient (Wildman–Crippen LogP) is 2.88. The standard InChI is InChI=1S/C21H25N5O4/c1-14-18(15(2)29-24-14)5-6-20(27)26-11-3-4-17(12-26)28-13-19-23-21(30-25-19)16-7-9-22-10-8-16/h7-10,17H,3-6,11-13H2,1-2H3. The van der Waals surface area contributed by atoms with Crippen LogP contribution < -0.4 is 0 Å². The molecule has 0 bridgehead atoms. The molecule has 1 fully saturated rings. The number of ether oxygens (including phenoxy) is 1. The first-order valence-corrected chi connectivity index (χ1v) is 10.1. The highest BCUT2D eigenvalue weighted by atomic mass is 16.5. The zero-order valence-corrected chi connectivity index (χ0v) is 17.2. The summed E-state index contributed by atoms with van der Waals surface area (Å²) in [6.45, 7) is 5.37. The van der Waals surface area contributed by atoms with Crippen LogP contribution in [-0.2, 0) is 22.6 Å². The van der Waals surface area contributed by atoms with Crippen LogP contribution in [0.15, 0.2) is 33.6 Å². The van der Waals surface area contributed by atoms with Crippen LogP contribution in [0.2, 0.25) is 0 Å². The lowest BCUT2D eigenvalue weighted by Crippen LogP contribution is -2.43. The number of piperidine rings is 1. The summed E-state index contributed by atoms with van der Waals surface area (Å²) >= 11 is 0. The van der Waals surface area contributed by atoms with Gasteiger partial charge in [0, 0.05) is 43.0 Å². The maximum atomic E-state index is 12.7. The number of carbonyl (C=O) groups is 1. The summed E-state index contributed by atoms with van der Waals surface area (Å²) in [6.07, 6.45) is 6.21. The maximum absolute atomic E-state index is 12.7. The first-order valence-electron chi connectivity index (χ1n) is 10.1. The molecule has 1 atom stereocenters. The lowest BCUT2D eigenvalue weighted by atomic mass is 10.1. The van der Waals surface area contributed by atoms with Crippen molar-refractivity contribution in [2.75, 3.05) is 13.1 Å². The number of rotatable bonds is 7.